The second-order valence-electron chi connectivity index (χ2n) is 5.04. The van der Waals surface area contributed by atoms with E-state index in [1.807, 2.05) is 30.3 Å². The maximum Gasteiger partial charge on any atom is 0.587 e. The summed E-state index contributed by atoms with van der Waals surface area (Å²) in [5.74, 6) is -0.876. The van der Waals surface area contributed by atoms with Crippen molar-refractivity contribution in [2.24, 2.45) is 0 Å². The molecule has 0 aliphatic heterocycles. The monoisotopic (exact) mass is 429 g/mol. The third-order valence-electron chi connectivity index (χ3n) is 2.94. The molecular weight excluding hydrogens is 413 g/mol. The van der Waals surface area contributed by atoms with Crippen molar-refractivity contribution in [3.63, 3.8) is 0 Å². The molecule has 134 valence electrons. The fraction of sp³-hybridized carbons (Fsp3) is 0.188. The van der Waals surface area contributed by atoms with Crippen LogP contribution in [-0.4, -0.2) is 16.9 Å². The summed E-state index contributed by atoms with van der Waals surface area (Å²) < 4.78 is 22.0. The van der Waals surface area contributed by atoms with Gasteiger partial charge in [0.05, 0.1) is 6.61 Å². The third-order valence-corrected chi connectivity index (χ3v) is 4.32. The Morgan fingerprint density at radius 3 is 2.48 bits per heavy atom. The van der Waals surface area contributed by atoms with Gasteiger partial charge in [-0.3, -0.25) is 9.73 Å². The minimum absolute atomic E-state index is 0.0998. The molecule has 25 heavy (non-hydrogen) atoms. The van der Waals surface area contributed by atoms with Gasteiger partial charge in [-0.05, 0) is 36.8 Å². The van der Waals surface area contributed by atoms with Crippen LogP contribution in [-0.2, 0) is 25.3 Å². The summed E-state index contributed by atoms with van der Waals surface area (Å²) in [6.45, 7) is 1.66. The number of hydrogen-bond donors (Lipinski definition) is 2. The second kappa shape index (κ2) is 9.12. The Morgan fingerprint density at radius 2 is 1.84 bits per heavy atom. The summed E-state index contributed by atoms with van der Waals surface area (Å²) >= 11 is 3.23. The van der Waals surface area contributed by atoms with E-state index in [-0.39, 0.29) is 12.4 Å². The maximum absolute atomic E-state index is 11.9. The first-order chi connectivity index (χ1) is 11.9. The van der Waals surface area contributed by atoms with Crippen LogP contribution in [0.5, 0.6) is 5.75 Å². The quantitative estimate of drug-likeness (QED) is 0.489. The summed E-state index contributed by atoms with van der Waals surface area (Å²) in [5, 5.41) is 0. The number of hydrogen-bond acceptors (Lipinski definition) is 6. The van der Waals surface area contributed by atoms with Crippen molar-refractivity contribution >= 4 is 29.7 Å². The third kappa shape index (κ3) is 6.97. The molecule has 1 unspecified atom stereocenters. The SMILES string of the molecule is C[C@H](NOCc1ccccc1)C(=O)OP(=O)(O)Oc1ccc(Br)cc1. The number of carbonyl (C=O) groups is 1. The van der Waals surface area contributed by atoms with Gasteiger partial charge in [-0.15, -0.1) is 0 Å². The molecule has 2 rings (SSSR count). The zero-order valence-corrected chi connectivity index (χ0v) is 15.8. The molecule has 0 aliphatic carbocycles. The topological polar surface area (TPSA) is 94.1 Å². The Labute approximate surface area is 153 Å². The van der Waals surface area contributed by atoms with Gasteiger partial charge < -0.3 is 9.05 Å². The van der Waals surface area contributed by atoms with Crippen LogP contribution in [0.15, 0.2) is 59.1 Å². The number of carbonyl (C=O) groups excluding carboxylic acids is 1. The van der Waals surface area contributed by atoms with Gasteiger partial charge >= 0.3 is 13.8 Å². The fourth-order valence-electron chi connectivity index (χ4n) is 1.71. The molecule has 7 nitrogen and oxygen atoms in total. The van der Waals surface area contributed by atoms with Crippen molar-refractivity contribution in [2.45, 2.75) is 19.6 Å². The Hall–Kier alpha value is -1.70. The van der Waals surface area contributed by atoms with Crippen LogP contribution in [0.4, 0.5) is 0 Å². The first-order valence-electron chi connectivity index (χ1n) is 7.28. The molecule has 2 N–H and O–H groups in total. The van der Waals surface area contributed by atoms with E-state index in [0.29, 0.717) is 0 Å². The van der Waals surface area contributed by atoms with Crippen LogP contribution < -0.4 is 10.0 Å². The van der Waals surface area contributed by atoms with Crippen molar-refractivity contribution in [3.8, 4) is 5.75 Å². The van der Waals surface area contributed by atoms with Crippen LogP contribution in [0.3, 0.4) is 0 Å². The van der Waals surface area contributed by atoms with Crippen LogP contribution in [0.1, 0.15) is 12.5 Å². The molecule has 9 heteroatoms. The van der Waals surface area contributed by atoms with Crippen LogP contribution >= 0.6 is 23.8 Å². The van der Waals surface area contributed by atoms with E-state index < -0.39 is 19.8 Å². The van der Waals surface area contributed by atoms with E-state index in [4.69, 9.17) is 9.36 Å². The maximum atomic E-state index is 11.9. The average Bonchev–Trinajstić information content (AvgIpc) is 2.57. The number of halogens is 1. The molecule has 0 radical (unpaired) electrons. The minimum atomic E-state index is -4.59. The molecule has 0 heterocycles. The molecule has 0 saturated heterocycles. The van der Waals surface area contributed by atoms with Gasteiger partial charge in [0.1, 0.15) is 11.8 Å². The van der Waals surface area contributed by atoms with E-state index in [0.717, 1.165) is 10.0 Å². The van der Waals surface area contributed by atoms with Crippen molar-refractivity contribution < 1.29 is 28.1 Å². The summed E-state index contributed by atoms with van der Waals surface area (Å²) in [4.78, 5) is 26.7. The molecular formula is C16H17BrNO6P. The van der Waals surface area contributed by atoms with E-state index >= 15 is 0 Å². The van der Waals surface area contributed by atoms with E-state index in [1.54, 1.807) is 12.1 Å². The largest absolute Gasteiger partial charge is 0.587 e. The molecule has 2 atom stereocenters. The number of benzene rings is 2. The lowest BCUT2D eigenvalue weighted by atomic mass is 10.2. The number of hydroxylamine groups is 1. The fourth-order valence-corrected chi connectivity index (χ4v) is 2.79. The summed E-state index contributed by atoms with van der Waals surface area (Å²) in [6, 6.07) is 14.5. The van der Waals surface area contributed by atoms with Crippen molar-refractivity contribution in [1.29, 1.82) is 0 Å². The molecule has 2 aromatic carbocycles. The highest BCUT2D eigenvalue weighted by Crippen LogP contribution is 2.44. The Morgan fingerprint density at radius 1 is 1.20 bits per heavy atom. The zero-order valence-electron chi connectivity index (χ0n) is 13.3. The Balaban J connectivity index is 1.80. The van der Waals surface area contributed by atoms with E-state index in [2.05, 4.69) is 25.9 Å². The molecule has 0 aromatic heterocycles. The highest BCUT2D eigenvalue weighted by atomic mass is 79.9. The molecule has 2 aromatic rings. The molecule has 0 fully saturated rings. The van der Waals surface area contributed by atoms with Crippen molar-refractivity contribution in [3.05, 3.63) is 64.6 Å². The standard InChI is InChI=1S/C16H17BrNO6P/c1-12(18-22-11-13-5-3-2-4-6-13)16(19)24-25(20,21)23-15-9-7-14(17)8-10-15/h2-10,12,18H,11H2,1H3,(H,20,21)/t12-/m0/s1. The number of nitrogens with one attached hydrogen (secondary N) is 1. The van der Waals surface area contributed by atoms with Crippen molar-refractivity contribution in [1.82, 2.24) is 5.48 Å². The number of phosphoric acid groups is 1. The predicted molar refractivity (Wildman–Crippen MR) is 94.5 cm³/mol. The second-order valence-corrected chi connectivity index (χ2v) is 7.26. The summed E-state index contributed by atoms with van der Waals surface area (Å²) in [7, 11) is -4.59. The van der Waals surface area contributed by atoms with E-state index in [9.17, 15) is 14.3 Å². The lowest BCUT2D eigenvalue weighted by Crippen LogP contribution is -2.35. The minimum Gasteiger partial charge on any atom is -0.395 e. The first kappa shape index (κ1) is 19.6. The number of phosphoric ester groups is 1. The summed E-state index contributed by atoms with van der Waals surface area (Å²) in [6.07, 6.45) is 0. The lowest BCUT2D eigenvalue weighted by molar-refractivity contribution is -0.142. The van der Waals surface area contributed by atoms with Gasteiger partial charge in [-0.25, -0.2) is 9.36 Å². The predicted octanol–water partition coefficient (Wildman–Crippen LogP) is 3.58. The molecule has 0 amide bonds. The molecule has 0 bridgehead atoms. The van der Waals surface area contributed by atoms with Gasteiger partial charge in [0.2, 0.25) is 0 Å². The number of rotatable bonds is 8. The van der Waals surface area contributed by atoms with Gasteiger partial charge in [-0.2, -0.15) is 5.48 Å². The Kier molecular flexibility index (Phi) is 7.16. The first-order valence-corrected chi connectivity index (χ1v) is 9.57. The van der Waals surface area contributed by atoms with Crippen molar-refractivity contribution in [2.75, 3.05) is 0 Å². The normalized spacial score (nSPS) is 14.4. The van der Waals surface area contributed by atoms with Crippen LogP contribution in [0.25, 0.3) is 0 Å². The lowest BCUT2D eigenvalue weighted by Gasteiger charge is -2.16. The molecule has 0 saturated carbocycles. The smallest absolute Gasteiger partial charge is 0.395 e. The van der Waals surface area contributed by atoms with Crippen LogP contribution in [0, 0.1) is 0 Å². The van der Waals surface area contributed by atoms with Gasteiger partial charge in [0, 0.05) is 4.47 Å². The zero-order chi connectivity index (χ0) is 18.3. The summed E-state index contributed by atoms with van der Waals surface area (Å²) in [5.41, 5.74) is 3.36. The van der Waals surface area contributed by atoms with Gasteiger partial charge in [0.15, 0.2) is 0 Å². The van der Waals surface area contributed by atoms with Gasteiger partial charge in [-0.1, -0.05) is 46.3 Å². The Bertz CT molecular complexity index is 740. The van der Waals surface area contributed by atoms with Crippen LogP contribution in [0.2, 0.25) is 0 Å². The molecule has 0 aliphatic rings. The van der Waals surface area contributed by atoms with E-state index in [1.165, 1.54) is 19.1 Å². The highest BCUT2D eigenvalue weighted by molar-refractivity contribution is 9.10. The van der Waals surface area contributed by atoms with Gasteiger partial charge in [0.25, 0.3) is 0 Å². The molecule has 0 spiro atoms. The average molecular weight is 430 g/mol. The highest BCUT2D eigenvalue weighted by Gasteiger charge is 2.30.